The fraction of sp³-hybridized carbons (Fsp3) is 0.923. The first-order valence-electron chi connectivity index (χ1n) is 6.96. The third-order valence-electron chi connectivity index (χ3n) is 2.99. The number of hydrazine groups is 1. The van der Waals surface area contributed by atoms with Gasteiger partial charge in [-0.1, -0.05) is 0 Å². The Morgan fingerprint density at radius 1 is 1.29 bits per heavy atom. The minimum absolute atomic E-state index is 0.276. The van der Waals surface area contributed by atoms with E-state index in [0.717, 1.165) is 0 Å². The molecule has 0 bridgehead atoms. The van der Waals surface area contributed by atoms with Crippen molar-refractivity contribution in [2.45, 2.75) is 58.8 Å². The van der Waals surface area contributed by atoms with Gasteiger partial charge in [-0.15, -0.1) is 5.01 Å². The molecule has 0 unspecified atom stereocenters. The first-order chi connectivity index (χ1) is 9.40. The van der Waals surface area contributed by atoms with Crippen LogP contribution in [0.25, 0.3) is 0 Å². The van der Waals surface area contributed by atoms with Crippen molar-refractivity contribution < 1.29 is 19.3 Å². The maximum absolute atomic E-state index is 11.7. The molecule has 1 saturated heterocycles. The van der Waals surface area contributed by atoms with Crippen LogP contribution in [-0.2, 0) is 9.57 Å². The number of nitrogens with zero attached hydrogens (tertiary/aromatic N) is 4. The zero-order valence-corrected chi connectivity index (χ0v) is 13.9. The maximum atomic E-state index is 11.7. The molecule has 1 heterocycles. The Hall–Kier alpha value is -1.73. The second-order valence-corrected chi connectivity index (χ2v) is 7.14. The van der Waals surface area contributed by atoms with Crippen LogP contribution >= 0.6 is 0 Å². The molecule has 8 nitrogen and oxygen atoms in total. The van der Waals surface area contributed by atoms with Crippen LogP contribution in [0, 0.1) is 5.21 Å². The number of rotatable bonds is 3. The lowest BCUT2D eigenvalue weighted by atomic mass is 10.1. The molecule has 21 heavy (non-hydrogen) atoms. The van der Waals surface area contributed by atoms with Gasteiger partial charge < -0.3 is 19.7 Å². The lowest BCUT2D eigenvalue weighted by Crippen LogP contribution is -2.55. The topological polar surface area (TPSA) is 80.4 Å². The normalized spacial score (nSPS) is 17.3. The van der Waals surface area contributed by atoms with Gasteiger partial charge in [-0.3, -0.25) is 0 Å². The van der Waals surface area contributed by atoms with Gasteiger partial charge in [0.15, 0.2) is 6.10 Å². The number of hydrogen-bond donors (Lipinski definition) is 0. The van der Waals surface area contributed by atoms with Crippen molar-refractivity contribution in [1.82, 2.24) is 9.91 Å². The fourth-order valence-corrected chi connectivity index (χ4v) is 1.40. The van der Waals surface area contributed by atoms with Crippen molar-refractivity contribution in [3.63, 3.8) is 0 Å². The Morgan fingerprint density at radius 2 is 1.81 bits per heavy atom. The standard InChI is InChI=1S/C13H26N4O4/c1-12(2,3)15(7)17(19)14-21-10-8-16(9-10)11(18)20-13(4,5)6/h10H,8-9H2,1-7H3/b17-14-. The van der Waals surface area contributed by atoms with Gasteiger partial charge in [0.1, 0.15) is 5.60 Å². The van der Waals surface area contributed by atoms with Crippen LogP contribution in [0.15, 0.2) is 5.28 Å². The summed E-state index contributed by atoms with van der Waals surface area (Å²) in [5.74, 6) is 0. The van der Waals surface area contributed by atoms with Crippen LogP contribution in [0.5, 0.6) is 0 Å². The van der Waals surface area contributed by atoms with Crippen LogP contribution in [0.2, 0.25) is 0 Å². The molecule has 1 rings (SSSR count). The van der Waals surface area contributed by atoms with Crippen molar-refractivity contribution in [2.24, 2.45) is 5.28 Å². The highest BCUT2D eigenvalue weighted by Crippen LogP contribution is 2.17. The summed E-state index contributed by atoms with van der Waals surface area (Å²) in [6.07, 6.45) is -0.657. The third kappa shape index (κ3) is 5.28. The van der Waals surface area contributed by atoms with Gasteiger partial charge in [-0.05, 0) is 41.5 Å². The second kappa shape index (κ2) is 5.95. The minimum Gasteiger partial charge on any atom is -0.569 e. The monoisotopic (exact) mass is 302 g/mol. The van der Waals surface area contributed by atoms with Gasteiger partial charge in [0.25, 0.3) is 0 Å². The molecule has 0 atom stereocenters. The van der Waals surface area contributed by atoms with Crippen LogP contribution in [0.1, 0.15) is 41.5 Å². The highest BCUT2D eigenvalue weighted by atomic mass is 16.7. The van der Waals surface area contributed by atoms with Gasteiger partial charge in [-0.2, -0.15) is 0 Å². The van der Waals surface area contributed by atoms with Gasteiger partial charge in [0.2, 0.25) is 5.28 Å². The fourth-order valence-electron chi connectivity index (χ4n) is 1.40. The van der Waals surface area contributed by atoms with Crippen molar-refractivity contribution >= 4 is 6.09 Å². The number of hydrogen-bond acceptors (Lipinski definition) is 5. The van der Waals surface area contributed by atoms with E-state index >= 15 is 0 Å². The van der Waals surface area contributed by atoms with Crippen LogP contribution in [0.3, 0.4) is 0 Å². The molecule has 0 N–H and O–H groups in total. The Kier molecular flexibility index (Phi) is 4.91. The smallest absolute Gasteiger partial charge is 0.410 e. The summed E-state index contributed by atoms with van der Waals surface area (Å²) in [5, 5.41) is 16.6. The molecule has 0 aromatic rings. The van der Waals surface area contributed by atoms with Gasteiger partial charge >= 0.3 is 6.09 Å². The Morgan fingerprint density at radius 3 is 2.24 bits per heavy atom. The molecular formula is C13H26N4O4. The van der Waals surface area contributed by atoms with Gasteiger partial charge in [-0.25, -0.2) is 4.79 Å². The first-order valence-corrected chi connectivity index (χ1v) is 6.96. The zero-order valence-electron chi connectivity index (χ0n) is 13.9. The summed E-state index contributed by atoms with van der Waals surface area (Å²) in [5.41, 5.74) is -0.870. The van der Waals surface area contributed by atoms with Crippen molar-refractivity contribution in [3.8, 4) is 0 Å². The lowest BCUT2D eigenvalue weighted by molar-refractivity contribution is -0.720. The van der Waals surface area contributed by atoms with Gasteiger partial charge in [0, 0.05) is 0 Å². The molecular weight excluding hydrogens is 276 g/mol. The molecule has 0 radical (unpaired) electrons. The van der Waals surface area contributed by atoms with Crippen molar-refractivity contribution in [2.75, 3.05) is 20.1 Å². The second-order valence-electron chi connectivity index (χ2n) is 7.14. The van der Waals surface area contributed by atoms with E-state index in [1.54, 1.807) is 7.05 Å². The van der Waals surface area contributed by atoms with Crippen LogP contribution < -0.4 is 0 Å². The van der Waals surface area contributed by atoms with E-state index < -0.39 is 5.60 Å². The SMILES string of the molecule is CN(/[N+]([O-])=N/OC1CN(C(=O)OC(C)(C)C)C1)C(C)(C)C. The van der Waals surface area contributed by atoms with E-state index in [1.165, 1.54) is 9.91 Å². The van der Waals surface area contributed by atoms with E-state index in [0.29, 0.717) is 18.1 Å². The number of likely N-dealkylation sites (tertiary alicyclic amines) is 1. The van der Waals surface area contributed by atoms with E-state index in [9.17, 15) is 10.0 Å². The lowest BCUT2D eigenvalue weighted by Gasteiger charge is -2.37. The van der Waals surface area contributed by atoms with E-state index in [1.807, 2.05) is 41.5 Å². The molecule has 1 aliphatic heterocycles. The number of carbonyl (C=O) groups excluding carboxylic acids is 1. The molecule has 8 heteroatoms. The van der Waals surface area contributed by atoms with E-state index in [4.69, 9.17) is 9.57 Å². The highest BCUT2D eigenvalue weighted by molar-refractivity contribution is 5.69. The Labute approximate surface area is 125 Å². The Balaban J connectivity index is 2.37. The molecule has 0 aromatic heterocycles. The summed E-state index contributed by atoms with van der Waals surface area (Å²) in [6, 6.07) is 0. The predicted octanol–water partition coefficient (Wildman–Crippen LogP) is 2.15. The van der Waals surface area contributed by atoms with Crippen molar-refractivity contribution in [1.29, 1.82) is 0 Å². The molecule has 0 saturated carbocycles. The molecule has 1 aliphatic rings. The molecule has 0 spiro atoms. The van der Waals surface area contributed by atoms with E-state index in [2.05, 4.69) is 5.28 Å². The van der Waals surface area contributed by atoms with Crippen LogP contribution in [0.4, 0.5) is 4.79 Å². The highest BCUT2D eigenvalue weighted by Gasteiger charge is 2.36. The molecule has 1 amide bonds. The largest absolute Gasteiger partial charge is 0.569 e. The summed E-state index contributed by atoms with van der Waals surface area (Å²) in [4.78, 5) is 18.7. The number of amides is 1. The van der Waals surface area contributed by atoms with Crippen molar-refractivity contribution in [3.05, 3.63) is 5.21 Å². The Bertz CT molecular complexity index is 405. The third-order valence-corrected chi connectivity index (χ3v) is 2.99. The minimum atomic E-state index is -0.519. The zero-order chi connectivity index (χ0) is 16.4. The summed E-state index contributed by atoms with van der Waals surface area (Å²) in [6.45, 7) is 11.8. The molecule has 122 valence electrons. The summed E-state index contributed by atoms with van der Waals surface area (Å²) in [7, 11) is 1.63. The number of carbonyl (C=O) groups is 1. The van der Waals surface area contributed by atoms with E-state index in [-0.39, 0.29) is 17.7 Å². The molecule has 0 aliphatic carbocycles. The maximum Gasteiger partial charge on any atom is 0.410 e. The predicted molar refractivity (Wildman–Crippen MR) is 76.3 cm³/mol. The quantitative estimate of drug-likeness (QED) is 0.453. The average Bonchev–Trinajstić information content (AvgIpc) is 2.21. The average molecular weight is 302 g/mol. The summed E-state index contributed by atoms with van der Waals surface area (Å²) < 4.78 is 5.22. The number of ether oxygens (including phenoxy) is 1. The molecule has 0 aromatic carbocycles. The summed E-state index contributed by atoms with van der Waals surface area (Å²) >= 11 is 0. The molecule has 1 fully saturated rings. The first kappa shape index (κ1) is 17.3. The van der Waals surface area contributed by atoms with Crippen LogP contribution in [-0.4, -0.2) is 58.4 Å². The van der Waals surface area contributed by atoms with Gasteiger partial charge in [0.05, 0.1) is 30.6 Å².